The number of sulfonamides is 1. The Hall–Kier alpha value is -1.48. The molecule has 3 N–H and O–H groups in total. The summed E-state index contributed by atoms with van der Waals surface area (Å²) in [7, 11) is -0.541. The van der Waals surface area contributed by atoms with E-state index in [4.69, 9.17) is 10.5 Å². The summed E-state index contributed by atoms with van der Waals surface area (Å²) in [6.07, 6.45) is 1.96. The number of benzene rings is 1. The summed E-state index contributed by atoms with van der Waals surface area (Å²) in [5.41, 5.74) is 7.03. The van der Waals surface area contributed by atoms with Crippen molar-refractivity contribution in [3.05, 3.63) is 23.8 Å². The first-order chi connectivity index (χ1) is 11.4. The molecule has 1 aliphatic heterocycles. The van der Waals surface area contributed by atoms with E-state index in [1.54, 1.807) is 30.2 Å². The highest BCUT2D eigenvalue weighted by molar-refractivity contribution is 7.89. The summed E-state index contributed by atoms with van der Waals surface area (Å²) in [6.45, 7) is 0.977. The zero-order valence-electron chi connectivity index (χ0n) is 13.9. The van der Waals surface area contributed by atoms with Gasteiger partial charge in [-0.25, -0.2) is 13.1 Å². The number of ether oxygens (including phenoxy) is 1. The monoisotopic (exact) mass is 353 g/mol. The Kier molecular flexibility index (Phi) is 4.41. The maximum Gasteiger partial charge on any atom is 0.240 e. The molecule has 2 aliphatic rings. The quantitative estimate of drug-likeness (QED) is 0.789. The smallest absolute Gasteiger partial charge is 0.240 e. The topological polar surface area (TPSA) is 102 Å². The summed E-state index contributed by atoms with van der Waals surface area (Å²) >= 11 is 0. The first-order valence-corrected chi connectivity index (χ1v) is 9.47. The molecule has 3 rings (SSSR count). The van der Waals surface area contributed by atoms with Gasteiger partial charge in [-0.3, -0.25) is 4.79 Å². The third-order valence-electron chi connectivity index (χ3n) is 5.19. The molecular formula is C16H23N3O4S. The largest absolute Gasteiger partial charge is 0.377 e. The second-order valence-corrected chi connectivity index (χ2v) is 8.32. The van der Waals surface area contributed by atoms with Crippen molar-refractivity contribution in [2.75, 3.05) is 32.1 Å². The number of nitrogens with one attached hydrogen (secondary N) is 1. The molecule has 7 nitrogen and oxygen atoms in total. The van der Waals surface area contributed by atoms with Crippen molar-refractivity contribution in [2.24, 2.45) is 11.7 Å². The highest BCUT2D eigenvalue weighted by Crippen LogP contribution is 2.42. The number of fused-ring (bicyclic) bond motifs is 1. The van der Waals surface area contributed by atoms with Gasteiger partial charge in [-0.2, -0.15) is 0 Å². The van der Waals surface area contributed by atoms with Crippen molar-refractivity contribution in [2.45, 2.75) is 29.8 Å². The fourth-order valence-electron chi connectivity index (χ4n) is 3.52. The molecule has 1 aliphatic carbocycles. The Labute approximate surface area is 142 Å². The van der Waals surface area contributed by atoms with Crippen LogP contribution in [0, 0.1) is 5.92 Å². The normalized spacial score (nSPS) is 26.1. The average molecular weight is 353 g/mol. The molecule has 0 aromatic heterocycles. The van der Waals surface area contributed by atoms with E-state index in [2.05, 4.69) is 4.72 Å². The molecule has 0 saturated heterocycles. The van der Waals surface area contributed by atoms with Gasteiger partial charge in [0, 0.05) is 31.8 Å². The van der Waals surface area contributed by atoms with Gasteiger partial charge in [-0.1, -0.05) is 6.07 Å². The lowest BCUT2D eigenvalue weighted by Gasteiger charge is -2.46. The predicted molar refractivity (Wildman–Crippen MR) is 90.3 cm³/mol. The molecule has 0 bridgehead atoms. The van der Waals surface area contributed by atoms with Crippen LogP contribution in [0.2, 0.25) is 0 Å². The first kappa shape index (κ1) is 17.3. The fraction of sp³-hybridized carbons (Fsp3) is 0.562. The molecule has 1 aromatic carbocycles. The van der Waals surface area contributed by atoms with E-state index in [1.165, 1.54) is 7.05 Å². The van der Waals surface area contributed by atoms with Gasteiger partial charge in [0.05, 0.1) is 10.5 Å². The highest BCUT2D eigenvalue weighted by Gasteiger charge is 2.48. The van der Waals surface area contributed by atoms with Gasteiger partial charge in [0.15, 0.2) is 0 Å². The Morgan fingerprint density at radius 2 is 2.17 bits per heavy atom. The van der Waals surface area contributed by atoms with Crippen molar-refractivity contribution in [1.82, 2.24) is 4.72 Å². The summed E-state index contributed by atoms with van der Waals surface area (Å²) in [5.74, 6) is -0.0992. The van der Waals surface area contributed by atoms with Gasteiger partial charge < -0.3 is 15.4 Å². The number of hydrogen-bond donors (Lipinski definition) is 2. The second-order valence-electron chi connectivity index (χ2n) is 6.43. The van der Waals surface area contributed by atoms with E-state index in [-0.39, 0.29) is 22.3 Å². The number of amides is 1. The van der Waals surface area contributed by atoms with E-state index in [0.29, 0.717) is 31.6 Å². The van der Waals surface area contributed by atoms with Gasteiger partial charge in [-0.05, 0) is 44.0 Å². The van der Waals surface area contributed by atoms with E-state index in [1.807, 2.05) is 0 Å². The molecule has 1 aromatic rings. The second kappa shape index (κ2) is 6.11. The van der Waals surface area contributed by atoms with Crippen molar-refractivity contribution in [3.8, 4) is 0 Å². The maximum absolute atomic E-state index is 12.8. The van der Waals surface area contributed by atoms with E-state index >= 15 is 0 Å². The van der Waals surface area contributed by atoms with E-state index in [0.717, 1.165) is 12.0 Å². The Morgan fingerprint density at radius 3 is 2.75 bits per heavy atom. The number of carbonyl (C=O) groups excluding carboxylic acids is 1. The zero-order chi connectivity index (χ0) is 17.5. The van der Waals surface area contributed by atoms with Crippen LogP contribution in [-0.4, -0.2) is 47.2 Å². The number of anilines is 1. The van der Waals surface area contributed by atoms with Crippen LogP contribution in [0.15, 0.2) is 23.1 Å². The number of nitrogens with zero attached hydrogens (tertiary/aromatic N) is 1. The van der Waals surface area contributed by atoms with Crippen LogP contribution < -0.4 is 15.4 Å². The molecule has 1 heterocycles. The van der Waals surface area contributed by atoms with Crippen LogP contribution in [-0.2, 0) is 26.0 Å². The van der Waals surface area contributed by atoms with Crippen molar-refractivity contribution >= 4 is 21.6 Å². The minimum atomic E-state index is -3.53. The predicted octanol–water partition coefficient (Wildman–Crippen LogP) is 0.238. The van der Waals surface area contributed by atoms with Gasteiger partial charge in [0.1, 0.15) is 0 Å². The van der Waals surface area contributed by atoms with Crippen LogP contribution in [0.4, 0.5) is 5.69 Å². The third-order valence-corrected chi connectivity index (χ3v) is 6.60. The summed E-state index contributed by atoms with van der Waals surface area (Å²) in [6, 6.07) is 4.94. The van der Waals surface area contributed by atoms with E-state index < -0.39 is 10.0 Å². The molecule has 24 heavy (non-hydrogen) atoms. The molecule has 1 fully saturated rings. The summed E-state index contributed by atoms with van der Waals surface area (Å²) < 4.78 is 31.7. The zero-order valence-corrected chi connectivity index (χ0v) is 14.7. The molecular weight excluding hydrogens is 330 g/mol. The molecule has 8 heteroatoms. The molecule has 0 atom stereocenters. The Balaban J connectivity index is 1.82. The molecule has 132 valence electrons. The SMILES string of the molecule is CNS(=O)(=O)c1ccc2c(c1)N(C(=O)C1CC(CN)(OC)C1)CC2. The van der Waals surface area contributed by atoms with E-state index in [9.17, 15) is 13.2 Å². The number of carbonyl (C=O) groups is 1. The first-order valence-electron chi connectivity index (χ1n) is 7.99. The number of hydrogen-bond acceptors (Lipinski definition) is 5. The van der Waals surface area contributed by atoms with Gasteiger partial charge in [0.2, 0.25) is 15.9 Å². The van der Waals surface area contributed by atoms with Gasteiger partial charge >= 0.3 is 0 Å². The third kappa shape index (κ3) is 2.73. The van der Waals surface area contributed by atoms with Crippen molar-refractivity contribution in [1.29, 1.82) is 0 Å². The standard InChI is InChI=1S/C16H23N3O4S/c1-18-24(21,22)13-4-3-11-5-6-19(14(11)7-13)15(20)12-8-16(9-12,10-17)23-2/h3-4,7,12,18H,5-6,8-10,17H2,1-2H3. The lowest BCUT2D eigenvalue weighted by atomic mass is 9.70. The molecule has 1 amide bonds. The molecule has 0 unspecified atom stereocenters. The Morgan fingerprint density at radius 1 is 1.46 bits per heavy atom. The number of nitrogens with two attached hydrogens (primary N) is 1. The minimum absolute atomic E-state index is 0.0221. The lowest BCUT2D eigenvalue weighted by molar-refractivity contribution is -0.142. The summed E-state index contributed by atoms with van der Waals surface area (Å²) in [5, 5.41) is 0. The lowest BCUT2D eigenvalue weighted by Crippen LogP contribution is -2.55. The molecule has 0 radical (unpaired) electrons. The van der Waals surface area contributed by atoms with Gasteiger partial charge in [-0.15, -0.1) is 0 Å². The number of rotatable bonds is 5. The van der Waals surface area contributed by atoms with Gasteiger partial charge in [0.25, 0.3) is 0 Å². The highest BCUT2D eigenvalue weighted by atomic mass is 32.2. The molecule has 0 spiro atoms. The Bertz CT molecular complexity index is 751. The van der Waals surface area contributed by atoms with Crippen LogP contribution >= 0.6 is 0 Å². The van der Waals surface area contributed by atoms with Crippen molar-refractivity contribution < 1.29 is 17.9 Å². The van der Waals surface area contributed by atoms with Crippen LogP contribution in [0.3, 0.4) is 0 Å². The minimum Gasteiger partial charge on any atom is -0.377 e. The maximum atomic E-state index is 12.8. The van der Waals surface area contributed by atoms with Crippen LogP contribution in [0.1, 0.15) is 18.4 Å². The van der Waals surface area contributed by atoms with Crippen molar-refractivity contribution in [3.63, 3.8) is 0 Å². The average Bonchev–Trinajstić information content (AvgIpc) is 2.97. The number of methoxy groups -OCH3 is 1. The van der Waals surface area contributed by atoms with Crippen LogP contribution in [0.5, 0.6) is 0 Å². The van der Waals surface area contributed by atoms with Crippen LogP contribution in [0.25, 0.3) is 0 Å². The summed E-state index contributed by atoms with van der Waals surface area (Å²) in [4.78, 5) is 14.7. The molecule has 1 saturated carbocycles. The fourth-order valence-corrected chi connectivity index (χ4v) is 4.27.